The molecule has 0 heterocycles. The van der Waals surface area contributed by atoms with Crippen molar-refractivity contribution in [3.05, 3.63) is 0 Å². The van der Waals surface area contributed by atoms with Crippen molar-refractivity contribution in [2.24, 2.45) is 48.7 Å². The van der Waals surface area contributed by atoms with E-state index >= 15 is 0 Å². The van der Waals surface area contributed by atoms with E-state index in [0.717, 1.165) is 0 Å². The number of hydrogen-bond acceptors (Lipinski definition) is 2. The first kappa shape index (κ1) is 67.5. The van der Waals surface area contributed by atoms with Gasteiger partial charge in [-0.15, -0.1) is 0 Å². The number of Topliss-reactive ketones (excluding diaryl/α,β-unsaturated/α-hetero) is 1. The lowest BCUT2D eigenvalue weighted by Gasteiger charge is -2.41. The second-order valence-electron chi connectivity index (χ2n) is 29.9. The van der Waals surface area contributed by atoms with Gasteiger partial charge in [0.05, 0.1) is 11.2 Å². The Kier molecular flexibility index (Phi) is 26.1. The molecule has 0 spiro atoms. The number of carbonyl (C=O) groups is 1. The van der Waals surface area contributed by atoms with Gasteiger partial charge in [-0.1, -0.05) is 184 Å². The molecule has 1 aliphatic carbocycles. The largest absolute Gasteiger partial charge is 0.370 e. The Balaban J connectivity index is -0.000000198. The van der Waals surface area contributed by atoms with E-state index in [1.54, 1.807) is 0 Å². The summed E-state index contributed by atoms with van der Waals surface area (Å²) in [5.41, 5.74) is 2.44. The van der Waals surface area contributed by atoms with Gasteiger partial charge in [0.2, 0.25) is 0 Å². The van der Waals surface area contributed by atoms with Crippen LogP contribution in [0.4, 0.5) is 0 Å². The van der Waals surface area contributed by atoms with Crippen molar-refractivity contribution in [3.63, 3.8) is 0 Å². The maximum atomic E-state index is 11.5. The van der Waals surface area contributed by atoms with Crippen molar-refractivity contribution in [3.8, 4) is 11.8 Å². The summed E-state index contributed by atoms with van der Waals surface area (Å²) in [4.78, 5) is 11.5. The second kappa shape index (κ2) is 22.9. The molecule has 0 amide bonds. The van der Waals surface area contributed by atoms with Gasteiger partial charge in [0, 0.05) is 31.2 Å². The van der Waals surface area contributed by atoms with Crippen LogP contribution in [0.15, 0.2) is 0 Å². The summed E-state index contributed by atoms with van der Waals surface area (Å²) in [5.74, 6) is 11.0. The minimum absolute atomic E-state index is 0.0156. The predicted molar refractivity (Wildman–Crippen MR) is 280 cm³/mol. The van der Waals surface area contributed by atoms with Crippen molar-refractivity contribution < 1.29 is 9.53 Å². The highest BCUT2D eigenvalue weighted by atomic mass is 32.2. The summed E-state index contributed by atoms with van der Waals surface area (Å²) in [6.45, 7) is 78.5. The Morgan fingerprint density at radius 3 is 0.695 bits per heavy atom. The molecule has 0 saturated heterocycles. The number of hydrogen-bond donors (Lipinski definition) is 0. The zero-order valence-corrected chi connectivity index (χ0v) is 48.9. The molecule has 1 fully saturated rings. The molecule has 0 aromatic heterocycles. The average Bonchev–Trinajstić information content (AvgIpc) is 3.64. The van der Waals surface area contributed by atoms with E-state index in [1.807, 2.05) is 41.5 Å². The van der Waals surface area contributed by atoms with Crippen LogP contribution < -0.4 is 0 Å². The molecule has 1 saturated carbocycles. The van der Waals surface area contributed by atoms with Crippen LogP contribution in [0.1, 0.15) is 269 Å². The van der Waals surface area contributed by atoms with Gasteiger partial charge >= 0.3 is 0 Å². The summed E-state index contributed by atoms with van der Waals surface area (Å²) < 4.78 is 6.34. The molecule has 3 heteroatoms. The van der Waals surface area contributed by atoms with Crippen LogP contribution in [-0.4, -0.2) is 32.3 Å². The van der Waals surface area contributed by atoms with Gasteiger partial charge < -0.3 is 4.74 Å². The van der Waals surface area contributed by atoms with Gasteiger partial charge in [-0.3, -0.25) is 4.79 Å². The fourth-order valence-corrected chi connectivity index (χ4v) is 9.52. The minimum Gasteiger partial charge on any atom is -0.370 e. The Labute approximate surface area is 379 Å². The quantitative estimate of drug-likeness (QED) is 0.179. The lowest BCUT2D eigenvalue weighted by Crippen LogP contribution is -2.34. The normalized spacial score (nSPS) is 15.4. The fraction of sp³-hybridized carbons (Fsp3) is 0.929. The van der Waals surface area contributed by atoms with Crippen LogP contribution >= 0.6 is 10.5 Å². The van der Waals surface area contributed by atoms with E-state index < -0.39 is 0 Å². The third kappa shape index (κ3) is 41.2. The first-order valence-electron chi connectivity index (χ1n) is 23.0. The van der Waals surface area contributed by atoms with Crippen molar-refractivity contribution in [2.45, 2.75) is 289 Å². The Morgan fingerprint density at radius 1 is 0.458 bits per heavy atom. The van der Waals surface area contributed by atoms with E-state index in [4.69, 9.17) is 4.74 Å². The lowest BCUT2D eigenvalue weighted by atomic mass is 9.63. The maximum Gasteiger partial charge on any atom is 0.143 e. The molecular formula is C56H116O2S. The summed E-state index contributed by atoms with van der Waals surface area (Å²) in [7, 11) is 0.245. The molecule has 1 rings (SSSR count). The van der Waals surface area contributed by atoms with Gasteiger partial charge in [-0.25, -0.2) is 0 Å². The average molecular weight is 854 g/mol. The van der Waals surface area contributed by atoms with Crippen LogP contribution in [0.3, 0.4) is 0 Å². The summed E-state index contributed by atoms with van der Waals surface area (Å²) in [6.07, 6.45) is 4.15. The van der Waals surface area contributed by atoms with Gasteiger partial charge in [-0.2, -0.15) is 10.5 Å². The van der Waals surface area contributed by atoms with E-state index in [0.29, 0.717) is 42.4 Å². The molecule has 0 N–H and O–H groups in total. The topological polar surface area (TPSA) is 26.3 Å². The molecule has 2 nitrogen and oxygen atoms in total. The zero-order valence-electron chi connectivity index (χ0n) is 48.1. The molecule has 0 aromatic carbocycles. The highest BCUT2D eigenvalue weighted by Gasteiger charge is 2.58. The highest BCUT2D eigenvalue weighted by molar-refractivity contribution is 8.16. The Bertz CT molecular complexity index is 1100. The molecular weight excluding hydrogens is 737 g/mol. The SMILES string of the molecule is C=S(C(C)(C)C)C(C)(C)C.CC(C)(C)C#CC(C)(C)C.CC(C)(C)C(=O)C(C)(C)C.CC(C)(C)C1(C(C)(C)C)CC1.CC(C)(C)CC(C)(C)C.CC(C)(C)OC(C)(C)C. The van der Waals surface area contributed by atoms with Crippen LogP contribution in [0, 0.1) is 60.6 Å². The third-order valence-corrected chi connectivity index (χ3v) is 11.9. The second-order valence-corrected chi connectivity index (χ2v) is 33.1. The van der Waals surface area contributed by atoms with E-state index in [2.05, 4.69) is 225 Å². The van der Waals surface area contributed by atoms with Crippen molar-refractivity contribution in [1.82, 2.24) is 0 Å². The lowest BCUT2D eigenvalue weighted by molar-refractivity contribution is -0.134. The molecule has 0 aromatic rings. The van der Waals surface area contributed by atoms with E-state index in [1.165, 1.54) is 19.3 Å². The third-order valence-electron chi connectivity index (χ3n) is 8.95. The Hall–Kier alpha value is -0.590. The smallest absolute Gasteiger partial charge is 0.143 e. The number of ether oxygens (including phenoxy) is 1. The van der Waals surface area contributed by atoms with Gasteiger partial charge in [0.1, 0.15) is 5.78 Å². The molecule has 0 atom stereocenters. The fourth-order valence-electron chi connectivity index (χ4n) is 7.68. The minimum atomic E-state index is -0.196. The highest BCUT2D eigenvalue weighted by Crippen LogP contribution is 2.67. The summed E-state index contributed by atoms with van der Waals surface area (Å²) in [6, 6.07) is 0. The first-order chi connectivity index (χ1) is 24.6. The van der Waals surface area contributed by atoms with E-state index in [-0.39, 0.29) is 43.3 Å². The summed E-state index contributed by atoms with van der Waals surface area (Å²) >= 11 is 0. The van der Waals surface area contributed by atoms with Crippen LogP contribution in [0.25, 0.3) is 0 Å². The maximum absolute atomic E-state index is 11.5. The number of rotatable bonds is 0. The van der Waals surface area contributed by atoms with Crippen LogP contribution in [-0.2, 0) is 9.53 Å². The molecule has 1 aliphatic rings. The number of carbonyl (C=O) groups excluding carboxylic acids is 1. The monoisotopic (exact) mass is 853 g/mol. The predicted octanol–water partition coefficient (Wildman–Crippen LogP) is 18.9. The molecule has 358 valence electrons. The van der Waals surface area contributed by atoms with Crippen molar-refractivity contribution in [2.75, 3.05) is 0 Å². The van der Waals surface area contributed by atoms with Crippen LogP contribution in [0.5, 0.6) is 0 Å². The van der Waals surface area contributed by atoms with Gasteiger partial charge in [0.15, 0.2) is 0 Å². The zero-order chi connectivity index (χ0) is 49.9. The molecule has 0 radical (unpaired) electrons. The van der Waals surface area contributed by atoms with E-state index in [9.17, 15) is 4.79 Å². The summed E-state index contributed by atoms with van der Waals surface area (Å²) in [5, 5.41) is 0. The molecule has 0 bridgehead atoms. The molecule has 0 aliphatic heterocycles. The van der Waals surface area contributed by atoms with Crippen LogP contribution in [0.2, 0.25) is 0 Å². The Morgan fingerprint density at radius 2 is 0.678 bits per heavy atom. The van der Waals surface area contributed by atoms with Crippen molar-refractivity contribution >= 4 is 22.1 Å². The number of ketones is 1. The molecule has 59 heavy (non-hydrogen) atoms. The standard InChI is InChI=1S/C11H22.C10H18.C9H18O.C9H20S.C9H20.C8H18O/c1-9(2,3)11(7-8-11)10(4,5)6;1-9(2,3)7-8-10(4,5)6;1-8(2,3)7(10)9(4,5)6;1-8(2,3)10(7)9(4,5)6;1-8(2,3)7-9(4,5)6;1-7(2,3)9-8(4,5)6/h7-8H2,1-6H3;2*1-6H3;7H2,1-6H3;7H2,1-6H3;1-6H3. The van der Waals surface area contributed by atoms with Gasteiger partial charge in [0.25, 0.3) is 0 Å². The molecule has 0 unspecified atom stereocenters. The van der Waals surface area contributed by atoms with Crippen molar-refractivity contribution in [1.29, 1.82) is 0 Å². The van der Waals surface area contributed by atoms with Gasteiger partial charge in [-0.05, 0) is 129 Å². The first-order valence-corrected chi connectivity index (χ1v) is 24.4.